The van der Waals surface area contributed by atoms with Gasteiger partial charge in [-0.25, -0.2) is 4.39 Å². The zero-order chi connectivity index (χ0) is 22.8. The highest BCUT2D eigenvalue weighted by Crippen LogP contribution is 2.33. The van der Waals surface area contributed by atoms with Gasteiger partial charge in [-0.15, -0.1) is 0 Å². The van der Waals surface area contributed by atoms with E-state index in [9.17, 15) is 9.18 Å². The van der Waals surface area contributed by atoms with Crippen molar-refractivity contribution in [1.82, 2.24) is 10.1 Å². The Morgan fingerprint density at radius 2 is 1.58 bits per heavy atom. The molecule has 0 N–H and O–H groups in total. The first-order valence-corrected chi connectivity index (χ1v) is 10.4. The van der Waals surface area contributed by atoms with E-state index in [1.807, 2.05) is 36.4 Å². The number of anilines is 1. The van der Waals surface area contributed by atoms with E-state index in [4.69, 9.17) is 14.0 Å². The van der Waals surface area contributed by atoms with Crippen LogP contribution in [0.4, 0.5) is 10.1 Å². The van der Waals surface area contributed by atoms with Crippen molar-refractivity contribution in [2.45, 2.75) is 12.3 Å². The number of hydrogen-bond acceptors (Lipinski definition) is 6. The van der Waals surface area contributed by atoms with E-state index in [1.54, 1.807) is 36.3 Å². The van der Waals surface area contributed by atoms with Crippen LogP contribution in [0.1, 0.15) is 18.2 Å². The Morgan fingerprint density at radius 3 is 2.24 bits per heavy atom. The standard InChI is InChI=1S/C25H20FN3O4/c1-31-20-12-6-19(7-13-20)29-15-17(14-23(29)30)25-27-24(28-33-25)16-2-8-21(9-3-16)32-22-10-4-18(26)5-11-22/h2-13,17H,14-15H2,1H3/t17-/m1/s1. The van der Waals surface area contributed by atoms with Crippen LogP contribution < -0.4 is 14.4 Å². The Bertz CT molecular complexity index is 1250. The van der Waals surface area contributed by atoms with Crippen LogP contribution in [0.15, 0.2) is 77.3 Å². The van der Waals surface area contributed by atoms with Gasteiger partial charge in [0.05, 0.1) is 13.0 Å². The lowest BCUT2D eigenvalue weighted by Gasteiger charge is -2.16. The molecule has 0 radical (unpaired) electrons. The van der Waals surface area contributed by atoms with Crippen LogP contribution in [0.25, 0.3) is 11.4 Å². The van der Waals surface area contributed by atoms with Crippen LogP contribution in [0.5, 0.6) is 17.2 Å². The maximum atomic E-state index is 13.0. The topological polar surface area (TPSA) is 77.7 Å². The fourth-order valence-corrected chi connectivity index (χ4v) is 3.71. The SMILES string of the molecule is COc1ccc(N2C[C@H](c3nc(-c4ccc(Oc5ccc(F)cc5)cc4)no3)CC2=O)cc1. The Labute approximate surface area is 189 Å². The lowest BCUT2D eigenvalue weighted by Crippen LogP contribution is -2.24. The summed E-state index contributed by atoms with van der Waals surface area (Å²) in [5.41, 5.74) is 1.56. The summed E-state index contributed by atoms with van der Waals surface area (Å²) in [6.45, 7) is 0.469. The summed E-state index contributed by atoms with van der Waals surface area (Å²) in [5.74, 6) is 2.26. The highest BCUT2D eigenvalue weighted by molar-refractivity contribution is 5.96. The molecule has 3 aromatic carbocycles. The van der Waals surface area contributed by atoms with Crippen molar-refractivity contribution in [3.8, 4) is 28.6 Å². The molecule has 1 fully saturated rings. The Balaban J connectivity index is 1.27. The van der Waals surface area contributed by atoms with Gasteiger partial charge >= 0.3 is 0 Å². The average molecular weight is 445 g/mol. The number of benzene rings is 3. The van der Waals surface area contributed by atoms with Gasteiger partial charge < -0.3 is 18.9 Å². The number of methoxy groups -OCH3 is 1. The van der Waals surface area contributed by atoms with Crippen molar-refractivity contribution in [1.29, 1.82) is 0 Å². The summed E-state index contributed by atoms with van der Waals surface area (Å²) in [4.78, 5) is 18.8. The molecular formula is C25H20FN3O4. The van der Waals surface area contributed by atoms with E-state index in [2.05, 4.69) is 10.1 Å². The largest absolute Gasteiger partial charge is 0.497 e. The molecule has 4 aromatic rings. The van der Waals surface area contributed by atoms with E-state index in [1.165, 1.54) is 12.1 Å². The fraction of sp³-hybridized carbons (Fsp3) is 0.160. The van der Waals surface area contributed by atoms with Crippen LogP contribution in [0, 0.1) is 5.82 Å². The Morgan fingerprint density at radius 1 is 0.939 bits per heavy atom. The minimum atomic E-state index is -0.318. The molecule has 5 rings (SSSR count). The highest BCUT2D eigenvalue weighted by atomic mass is 19.1. The first kappa shape index (κ1) is 20.7. The second-order valence-electron chi connectivity index (χ2n) is 7.64. The molecule has 1 aliphatic heterocycles. The third-order valence-corrected chi connectivity index (χ3v) is 5.46. The summed E-state index contributed by atoms with van der Waals surface area (Å²) in [6, 6.07) is 20.4. The molecular weight excluding hydrogens is 425 g/mol. The van der Waals surface area contributed by atoms with E-state index in [-0.39, 0.29) is 17.6 Å². The number of ether oxygens (including phenoxy) is 2. The number of carbonyl (C=O) groups is 1. The second kappa shape index (κ2) is 8.74. The van der Waals surface area contributed by atoms with E-state index >= 15 is 0 Å². The minimum absolute atomic E-state index is 0.00668. The molecule has 0 bridgehead atoms. The fourth-order valence-electron chi connectivity index (χ4n) is 3.71. The molecule has 8 heteroatoms. The number of nitrogens with zero attached hydrogens (tertiary/aromatic N) is 3. The maximum Gasteiger partial charge on any atom is 0.232 e. The number of rotatable bonds is 6. The molecule has 7 nitrogen and oxygen atoms in total. The zero-order valence-electron chi connectivity index (χ0n) is 17.8. The van der Waals surface area contributed by atoms with Gasteiger partial charge in [0, 0.05) is 24.2 Å². The van der Waals surface area contributed by atoms with Gasteiger partial charge in [0.2, 0.25) is 17.6 Å². The molecule has 1 aliphatic rings. The Kier molecular flexibility index (Phi) is 5.48. The molecule has 2 heterocycles. The van der Waals surface area contributed by atoms with E-state index in [0.29, 0.717) is 36.2 Å². The van der Waals surface area contributed by atoms with Gasteiger partial charge in [-0.2, -0.15) is 4.98 Å². The average Bonchev–Trinajstić information content (AvgIpc) is 3.48. The molecule has 166 valence electrons. The van der Waals surface area contributed by atoms with Crippen molar-refractivity contribution in [2.24, 2.45) is 0 Å². The smallest absolute Gasteiger partial charge is 0.232 e. The van der Waals surface area contributed by atoms with Gasteiger partial charge in [-0.05, 0) is 72.8 Å². The van der Waals surface area contributed by atoms with E-state index < -0.39 is 0 Å². The zero-order valence-corrected chi connectivity index (χ0v) is 17.8. The molecule has 0 saturated carbocycles. The summed E-state index contributed by atoms with van der Waals surface area (Å²) in [7, 11) is 1.60. The lowest BCUT2D eigenvalue weighted by molar-refractivity contribution is -0.117. The third-order valence-electron chi connectivity index (χ3n) is 5.46. The molecule has 0 spiro atoms. The summed E-state index contributed by atoms with van der Waals surface area (Å²) >= 11 is 0. The van der Waals surface area contributed by atoms with Gasteiger partial charge in [-0.3, -0.25) is 4.79 Å². The number of carbonyl (C=O) groups excluding carboxylic acids is 1. The number of aromatic nitrogens is 2. The van der Waals surface area contributed by atoms with Crippen LogP contribution in [-0.4, -0.2) is 29.7 Å². The van der Waals surface area contributed by atoms with Crippen molar-refractivity contribution in [2.75, 3.05) is 18.6 Å². The summed E-state index contributed by atoms with van der Waals surface area (Å²) in [5, 5.41) is 4.08. The molecule has 33 heavy (non-hydrogen) atoms. The molecule has 1 amide bonds. The Hall–Kier alpha value is -4.20. The molecule has 1 aromatic heterocycles. The summed E-state index contributed by atoms with van der Waals surface area (Å²) < 4.78 is 29.4. The van der Waals surface area contributed by atoms with Gasteiger partial charge in [-0.1, -0.05) is 5.16 Å². The maximum absolute atomic E-state index is 13.0. The first-order valence-electron chi connectivity index (χ1n) is 10.4. The second-order valence-corrected chi connectivity index (χ2v) is 7.64. The van der Waals surface area contributed by atoms with Gasteiger partial charge in [0.1, 0.15) is 23.1 Å². The van der Waals surface area contributed by atoms with Crippen LogP contribution in [0.3, 0.4) is 0 Å². The van der Waals surface area contributed by atoms with Crippen LogP contribution in [0.2, 0.25) is 0 Å². The number of amides is 1. The van der Waals surface area contributed by atoms with Crippen molar-refractivity contribution in [3.05, 3.63) is 84.5 Å². The monoisotopic (exact) mass is 445 g/mol. The number of halogens is 1. The predicted octanol–water partition coefficient (Wildman–Crippen LogP) is 5.20. The molecule has 0 unspecified atom stereocenters. The minimum Gasteiger partial charge on any atom is -0.497 e. The van der Waals surface area contributed by atoms with Gasteiger partial charge in [0.15, 0.2) is 0 Å². The van der Waals surface area contributed by atoms with Crippen molar-refractivity contribution >= 4 is 11.6 Å². The molecule has 0 aliphatic carbocycles. The van der Waals surface area contributed by atoms with Crippen molar-refractivity contribution < 1.29 is 23.2 Å². The molecule has 1 atom stereocenters. The third kappa shape index (κ3) is 4.41. The quantitative estimate of drug-likeness (QED) is 0.406. The normalized spacial score (nSPS) is 15.6. The van der Waals surface area contributed by atoms with Gasteiger partial charge in [0.25, 0.3) is 0 Å². The van der Waals surface area contributed by atoms with Crippen molar-refractivity contribution in [3.63, 3.8) is 0 Å². The predicted molar refractivity (Wildman–Crippen MR) is 119 cm³/mol. The van der Waals surface area contributed by atoms with Crippen LogP contribution in [-0.2, 0) is 4.79 Å². The lowest BCUT2D eigenvalue weighted by atomic mass is 10.1. The summed E-state index contributed by atoms with van der Waals surface area (Å²) in [6.07, 6.45) is 0.304. The molecule has 1 saturated heterocycles. The first-order chi connectivity index (χ1) is 16.1. The van der Waals surface area contributed by atoms with E-state index in [0.717, 1.165) is 17.0 Å². The number of hydrogen-bond donors (Lipinski definition) is 0. The highest BCUT2D eigenvalue weighted by Gasteiger charge is 2.35. The van der Waals surface area contributed by atoms with Crippen LogP contribution >= 0.6 is 0 Å².